The number of hydrogen-bond donors (Lipinski definition) is 2. The lowest BCUT2D eigenvalue weighted by atomic mass is 10.0. The van der Waals surface area contributed by atoms with Gasteiger partial charge in [-0.25, -0.2) is 13.8 Å². The number of ketones is 1. The van der Waals surface area contributed by atoms with Gasteiger partial charge in [0.05, 0.1) is 17.4 Å². The maximum Gasteiger partial charge on any atom is 0.201 e. The first-order valence-electron chi connectivity index (χ1n) is 9.06. The van der Waals surface area contributed by atoms with E-state index in [1.807, 2.05) is 0 Å². The van der Waals surface area contributed by atoms with Crippen LogP contribution >= 0.6 is 0 Å². The van der Waals surface area contributed by atoms with Gasteiger partial charge in [-0.3, -0.25) is 4.79 Å². The molecule has 0 unspecified atom stereocenters. The van der Waals surface area contributed by atoms with Gasteiger partial charge in [-0.15, -0.1) is 0 Å². The zero-order valence-corrected chi connectivity index (χ0v) is 15.8. The molecular formula is C20H22F2N4O2. The summed E-state index contributed by atoms with van der Waals surface area (Å²) in [5.74, 6) is -2.37. The first-order valence-corrected chi connectivity index (χ1v) is 9.06. The van der Waals surface area contributed by atoms with Crippen molar-refractivity contribution in [2.24, 2.45) is 0 Å². The second-order valence-corrected chi connectivity index (χ2v) is 6.30. The number of carbonyl (C=O) groups excluding carboxylic acids is 1. The van der Waals surface area contributed by atoms with Crippen molar-refractivity contribution in [1.29, 1.82) is 0 Å². The molecule has 3 rings (SSSR count). The van der Waals surface area contributed by atoms with Crippen molar-refractivity contribution < 1.29 is 18.3 Å². The number of hydrogen-bond acceptors (Lipinski definition) is 5. The summed E-state index contributed by atoms with van der Waals surface area (Å²) in [4.78, 5) is 22.0. The smallest absolute Gasteiger partial charge is 0.201 e. The predicted molar refractivity (Wildman–Crippen MR) is 104 cm³/mol. The molecule has 2 heterocycles. The molecule has 0 aliphatic rings. The first kappa shape index (κ1) is 19.8. The van der Waals surface area contributed by atoms with Gasteiger partial charge in [-0.2, -0.15) is 0 Å². The molecule has 1 aromatic carbocycles. The number of ether oxygens (including phenoxy) is 1. The Balaban J connectivity index is 1.89. The summed E-state index contributed by atoms with van der Waals surface area (Å²) in [5.41, 5.74) is 5.02. The summed E-state index contributed by atoms with van der Waals surface area (Å²) in [6.07, 6.45) is 2.92. The molecule has 148 valence electrons. The number of nitrogens with two attached hydrogens (primary N) is 1. The van der Waals surface area contributed by atoms with E-state index in [2.05, 4.69) is 28.7 Å². The van der Waals surface area contributed by atoms with Gasteiger partial charge in [0.15, 0.2) is 5.82 Å². The highest BCUT2D eigenvalue weighted by Gasteiger charge is 2.24. The Labute approximate surface area is 161 Å². The molecule has 3 aromatic rings. The van der Waals surface area contributed by atoms with E-state index in [0.29, 0.717) is 23.4 Å². The number of likely N-dealkylation sites (N-methyl/N-ethyl adjacent to an activating group) is 1. The minimum atomic E-state index is -1.07. The molecule has 0 spiro atoms. The molecular weight excluding hydrogens is 366 g/mol. The monoisotopic (exact) mass is 388 g/mol. The van der Waals surface area contributed by atoms with Crippen molar-refractivity contribution in [1.82, 2.24) is 14.9 Å². The van der Waals surface area contributed by atoms with Crippen LogP contribution in [0.5, 0.6) is 5.75 Å². The fraction of sp³-hybridized carbons (Fsp3) is 0.300. The van der Waals surface area contributed by atoms with E-state index in [9.17, 15) is 13.6 Å². The van der Waals surface area contributed by atoms with Crippen molar-refractivity contribution in [2.45, 2.75) is 13.8 Å². The number of carbonyl (C=O) groups is 1. The Bertz CT molecular complexity index is 999. The van der Waals surface area contributed by atoms with E-state index < -0.39 is 23.0 Å². The Morgan fingerprint density at radius 2 is 2.04 bits per heavy atom. The summed E-state index contributed by atoms with van der Waals surface area (Å²) >= 11 is 0. The van der Waals surface area contributed by atoms with Crippen LogP contribution in [-0.4, -0.2) is 46.9 Å². The third kappa shape index (κ3) is 3.82. The Hall–Kier alpha value is -3.00. The number of anilines is 1. The van der Waals surface area contributed by atoms with E-state index in [0.717, 1.165) is 31.8 Å². The topological polar surface area (TPSA) is 84.2 Å². The van der Waals surface area contributed by atoms with Crippen LogP contribution in [-0.2, 0) is 0 Å². The van der Waals surface area contributed by atoms with E-state index in [1.165, 1.54) is 12.4 Å². The maximum absolute atomic E-state index is 14.3. The lowest BCUT2D eigenvalue weighted by molar-refractivity contribution is 0.103. The molecule has 0 aliphatic heterocycles. The summed E-state index contributed by atoms with van der Waals surface area (Å²) < 4.78 is 34.1. The van der Waals surface area contributed by atoms with E-state index in [-0.39, 0.29) is 11.3 Å². The standard InChI is InChI=1S/C20H22F2N4O2/c1-3-26(4-2)7-8-28-12-9-13-14(11-25-20(13)24-10-12)19(27)17-15(21)5-6-16(23)18(17)22/h5-6,9-11H,3-4,7-8,23H2,1-2H3,(H,24,25). The van der Waals surface area contributed by atoms with Crippen LogP contribution in [0.3, 0.4) is 0 Å². The summed E-state index contributed by atoms with van der Waals surface area (Å²) in [6.45, 7) is 7.20. The maximum atomic E-state index is 14.3. The third-order valence-electron chi connectivity index (χ3n) is 4.67. The normalized spacial score (nSPS) is 11.3. The Kier molecular flexibility index (Phi) is 5.89. The fourth-order valence-electron chi connectivity index (χ4n) is 2.99. The number of aromatic amines is 1. The number of halogens is 2. The van der Waals surface area contributed by atoms with Gasteiger partial charge in [0, 0.05) is 23.7 Å². The number of rotatable bonds is 8. The average Bonchev–Trinajstić information content (AvgIpc) is 3.11. The molecule has 0 saturated heterocycles. The van der Waals surface area contributed by atoms with Crippen molar-refractivity contribution in [3.8, 4) is 5.75 Å². The number of nitrogen functional groups attached to an aromatic ring is 1. The molecule has 8 heteroatoms. The molecule has 3 N–H and O–H groups in total. The van der Waals surface area contributed by atoms with Crippen LogP contribution < -0.4 is 10.5 Å². The molecule has 0 aliphatic carbocycles. The minimum Gasteiger partial charge on any atom is -0.491 e. The molecule has 0 radical (unpaired) electrons. The SMILES string of the molecule is CCN(CC)CCOc1cnc2[nH]cc(C(=O)c3c(F)ccc(N)c3F)c2c1. The van der Waals surface area contributed by atoms with Crippen molar-refractivity contribution in [3.63, 3.8) is 0 Å². The number of nitrogens with zero attached hydrogens (tertiary/aromatic N) is 2. The number of fused-ring (bicyclic) bond motifs is 1. The number of aromatic nitrogens is 2. The van der Waals surface area contributed by atoms with Crippen LogP contribution in [0, 0.1) is 11.6 Å². The lowest BCUT2D eigenvalue weighted by Gasteiger charge is -2.17. The predicted octanol–water partition coefficient (Wildman–Crippen LogP) is 3.37. The zero-order valence-electron chi connectivity index (χ0n) is 15.8. The molecule has 0 bridgehead atoms. The summed E-state index contributed by atoms with van der Waals surface area (Å²) in [5, 5.41) is 0.423. The van der Waals surface area contributed by atoms with Crippen LogP contribution in [0.15, 0.2) is 30.6 Å². The average molecular weight is 388 g/mol. The van der Waals surface area contributed by atoms with E-state index in [1.54, 1.807) is 6.07 Å². The highest BCUT2D eigenvalue weighted by Crippen LogP contribution is 2.27. The van der Waals surface area contributed by atoms with Crippen molar-refractivity contribution in [2.75, 3.05) is 32.0 Å². The minimum absolute atomic E-state index is 0.0973. The van der Waals surface area contributed by atoms with Crippen LogP contribution in [0.4, 0.5) is 14.5 Å². The Morgan fingerprint density at radius 3 is 2.75 bits per heavy atom. The number of nitrogens with one attached hydrogen (secondary N) is 1. The second-order valence-electron chi connectivity index (χ2n) is 6.30. The van der Waals surface area contributed by atoms with Crippen LogP contribution in [0.2, 0.25) is 0 Å². The Morgan fingerprint density at radius 1 is 1.29 bits per heavy atom. The third-order valence-corrected chi connectivity index (χ3v) is 4.67. The fourth-order valence-corrected chi connectivity index (χ4v) is 2.99. The van der Waals surface area contributed by atoms with Crippen LogP contribution in [0.25, 0.3) is 11.0 Å². The van der Waals surface area contributed by atoms with Gasteiger partial charge < -0.3 is 20.4 Å². The molecule has 2 aromatic heterocycles. The second kappa shape index (κ2) is 8.35. The van der Waals surface area contributed by atoms with Gasteiger partial charge in [0.1, 0.15) is 23.8 Å². The largest absolute Gasteiger partial charge is 0.491 e. The van der Waals surface area contributed by atoms with E-state index >= 15 is 0 Å². The summed E-state index contributed by atoms with van der Waals surface area (Å²) in [6, 6.07) is 3.69. The summed E-state index contributed by atoms with van der Waals surface area (Å²) in [7, 11) is 0. The molecule has 6 nitrogen and oxygen atoms in total. The highest BCUT2D eigenvalue weighted by atomic mass is 19.1. The van der Waals surface area contributed by atoms with E-state index in [4.69, 9.17) is 10.5 Å². The molecule has 0 fully saturated rings. The highest BCUT2D eigenvalue weighted by molar-refractivity contribution is 6.16. The molecule has 0 amide bonds. The number of benzene rings is 1. The molecule has 0 saturated carbocycles. The number of H-pyrrole nitrogens is 1. The molecule has 0 atom stereocenters. The van der Waals surface area contributed by atoms with Gasteiger partial charge in [0.25, 0.3) is 0 Å². The van der Waals surface area contributed by atoms with Gasteiger partial charge >= 0.3 is 0 Å². The van der Waals surface area contributed by atoms with Gasteiger partial charge in [-0.1, -0.05) is 13.8 Å². The van der Waals surface area contributed by atoms with Gasteiger partial charge in [-0.05, 0) is 31.3 Å². The quantitative estimate of drug-likeness (QED) is 0.457. The lowest BCUT2D eigenvalue weighted by Crippen LogP contribution is -2.27. The first-order chi connectivity index (χ1) is 13.5. The number of pyridine rings is 1. The zero-order chi connectivity index (χ0) is 20.3. The van der Waals surface area contributed by atoms with Gasteiger partial charge in [0.2, 0.25) is 5.78 Å². The molecule has 28 heavy (non-hydrogen) atoms. The van der Waals surface area contributed by atoms with Crippen molar-refractivity contribution >= 4 is 22.5 Å². The van der Waals surface area contributed by atoms with Crippen molar-refractivity contribution in [3.05, 3.63) is 53.4 Å². The van der Waals surface area contributed by atoms with Crippen LogP contribution in [0.1, 0.15) is 29.8 Å².